The number of para-hydroxylation sites is 1. The Balaban J connectivity index is 1.42. The second-order valence-corrected chi connectivity index (χ2v) is 7.90. The molecule has 1 N–H and O–H groups in total. The Kier molecular flexibility index (Phi) is 6.95. The molecule has 0 aliphatic carbocycles. The zero-order valence-electron chi connectivity index (χ0n) is 17.6. The molecule has 1 saturated heterocycles. The van der Waals surface area contributed by atoms with Crippen LogP contribution < -0.4 is 10.1 Å². The lowest BCUT2D eigenvalue weighted by atomic mass is 9.96. The van der Waals surface area contributed by atoms with Gasteiger partial charge >= 0.3 is 0 Å². The lowest BCUT2D eigenvalue weighted by molar-refractivity contribution is 0.207. The fourth-order valence-electron chi connectivity index (χ4n) is 3.92. The molecule has 1 fully saturated rings. The molecule has 1 aliphatic rings. The summed E-state index contributed by atoms with van der Waals surface area (Å²) in [6.07, 6.45) is 5.51. The van der Waals surface area contributed by atoms with E-state index < -0.39 is 0 Å². The number of anilines is 1. The van der Waals surface area contributed by atoms with Gasteiger partial charge in [0.2, 0.25) is 0 Å². The number of nitrogens with zero attached hydrogens (tertiary/aromatic N) is 2. The Labute approximate surface area is 183 Å². The summed E-state index contributed by atoms with van der Waals surface area (Å²) in [7, 11) is 0. The average molecular weight is 418 g/mol. The van der Waals surface area contributed by atoms with E-state index in [1.165, 1.54) is 12.3 Å². The zero-order chi connectivity index (χ0) is 21.5. The van der Waals surface area contributed by atoms with Gasteiger partial charge in [-0.2, -0.15) is 0 Å². The normalized spacial score (nSPS) is 14.9. The minimum atomic E-state index is -0.345. The lowest BCUT2D eigenvalue weighted by Gasteiger charge is -2.31. The number of aromatic nitrogens is 1. The predicted molar refractivity (Wildman–Crippen MR) is 124 cm³/mol. The fraction of sp³-hybridized carbons (Fsp3) is 0.269. The zero-order valence-corrected chi connectivity index (χ0v) is 17.6. The molecule has 0 atom stereocenters. The minimum Gasteiger partial charge on any atom is -0.457 e. The van der Waals surface area contributed by atoms with E-state index in [-0.39, 0.29) is 5.82 Å². The molecule has 0 radical (unpaired) electrons. The van der Waals surface area contributed by atoms with Crippen molar-refractivity contribution in [3.63, 3.8) is 0 Å². The third-order valence-corrected chi connectivity index (χ3v) is 5.65. The van der Waals surface area contributed by atoms with Crippen LogP contribution in [0.5, 0.6) is 11.5 Å². The van der Waals surface area contributed by atoms with Gasteiger partial charge in [-0.25, -0.2) is 9.37 Å². The molecule has 0 unspecified atom stereocenters. The van der Waals surface area contributed by atoms with E-state index >= 15 is 0 Å². The number of halogens is 1. The quantitative estimate of drug-likeness (QED) is 0.457. The van der Waals surface area contributed by atoms with Crippen molar-refractivity contribution in [3.05, 3.63) is 85.3 Å². The SMILES string of the molecule is C=CCN1CCC(CNc2ncc(F)cc2-c2ccc(Oc3ccccc3)cc2)CC1. The van der Waals surface area contributed by atoms with E-state index in [1.807, 2.05) is 60.7 Å². The monoisotopic (exact) mass is 417 g/mol. The van der Waals surface area contributed by atoms with Gasteiger partial charge in [0.15, 0.2) is 0 Å². The van der Waals surface area contributed by atoms with Crippen LogP contribution in [0.3, 0.4) is 0 Å². The van der Waals surface area contributed by atoms with Gasteiger partial charge in [-0.3, -0.25) is 4.90 Å². The van der Waals surface area contributed by atoms with Gasteiger partial charge in [-0.1, -0.05) is 36.4 Å². The van der Waals surface area contributed by atoms with Crippen molar-refractivity contribution in [2.45, 2.75) is 12.8 Å². The first kappa shape index (κ1) is 21.1. The van der Waals surface area contributed by atoms with Crippen LogP contribution in [-0.2, 0) is 0 Å². The topological polar surface area (TPSA) is 37.4 Å². The molecule has 3 aromatic rings. The summed E-state index contributed by atoms with van der Waals surface area (Å²) < 4.78 is 19.8. The maximum absolute atomic E-state index is 14.0. The van der Waals surface area contributed by atoms with Crippen molar-refractivity contribution in [3.8, 4) is 22.6 Å². The first-order chi connectivity index (χ1) is 15.2. The number of pyridine rings is 1. The maximum atomic E-state index is 14.0. The first-order valence-corrected chi connectivity index (χ1v) is 10.8. The minimum absolute atomic E-state index is 0.345. The Bertz CT molecular complexity index is 983. The number of ether oxygens (including phenoxy) is 1. The second kappa shape index (κ2) is 10.2. The molecule has 4 nitrogen and oxygen atoms in total. The summed E-state index contributed by atoms with van der Waals surface area (Å²) in [5, 5.41) is 3.46. The van der Waals surface area contributed by atoms with E-state index in [1.54, 1.807) is 0 Å². The van der Waals surface area contributed by atoms with Gasteiger partial charge in [-0.05, 0) is 67.7 Å². The van der Waals surface area contributed by atoms with Gasteiger partial charge < -0.3 is 10.1 Å². The third-order valence-electron chi connectivity index (χ3n) is 5.65. The highest BCUT2D eigenvalue weighted by molar-refractivity contribution is 5.75. The molecule has 5 heteroatoms. The van der Waals surface area contributed by atoms with Crippen LogP contribution in [0, 0.1) is 11.7 Å². The highest BCUT2D eigenvalue weighted by atomic mass is 19.1. The van der Waals surface area contributed by atoms with Gasteiger partial charge in [0, 0.05) is 18.7 Å². The molecular weight excluding hydrogens is 389 g/mol. The molecule has 0 amide bonds. The number of piperidine rings is 1. The van der Waals surface area contributed by atoms with Crippen molar-refractivity contribution < 1.29 is 9.13 Å². The smallest absolute Gasteiger partial charge is 0.142 e. The van der Waals surface area contributed by atoms with E-state index in [4.69, 9.17) is 4.74 Å². The summed E-state index contributed by atoms with van der Waals surface area (Å²) >= 11 is 0. The van der Waals surface area contributed by atoms with Gasteiger partial charge in [0.1, 0.15) is 23.1 Å². The van der Waals surface area contributed by atoms with Crippen LogP contribution in [-0.4, -0.2) is 36.1 Å². The van der Waals surface area contributed by atoms with Crippen molar-refractivity contribution in [1.82, 2.24) is 9.88 Å². The molecule has 1 aromatic heterocycles. The van der Waals surface area contributed by atoms with Crippen LogP contribution in [0.15, 0.2) is 79.5 Å². The van der Waals surface area contributed by atoms with Crippen LogP contribution in [0.25, 0.3) is 11.1 Å². The molecule has 1 aliphatic heterocycles. The summed E-state index contributed by atoms with van der Waals surface area (Å²) in [6.45, 7) is 7.79. The highest BCUT2D eigenvalue weighted by Crippen LogP contribution is 2.30. The molecule has 2 aromatic carbocycles. The molecule has 160 valence electrons. The van der Waals surface area contributed by atoms with E-state index in [0.29, 0.717) is 11.7 Å². The number of likely N-dealkylation sites (tertiary alicyclic amines) is 1. The number of rotatable bonds is 8. The molecule has 31 heavy (non-hydrogen) atoms. The molecule has 4 rings (SSSR count). The predicted octanol–water partition coefficient (Wildman–Crippen LogP) is 5.99. The summed E-state index contributed by atoms with van der Waals surface area (Å²) in [5.74, 6) is 2.47. The number of nitrogens with one attached hydrogen (secondary N) is 1. The number of hydrogen-bond acceptors (Lipinski definition) is 4. The van der Waals surface area contributed by atoms with E-state index in [2.05, 4.69) is 21.8 Å². The molecule has 0 spiro atoms. The Morgan fingerprint density at radius 1 is 1.06 bits per heavy atom. The molecule has 2 heterocycles. The summed E-state index contributed by atoms with van der Waals surface area (Å²) in [6, 6.07) is 18.8. The van der Waals surface area contributed by atoms with Crippen LogP contribution in [0.4, 0.5) is 10.2 Å². The van der Waals surface area contributed by atoms with Crippen LogP contribution in [0.2, 0.25) is 0 Å². The molecular formula is C26H28FN3O. The largest absolute Gasteiger partial charge is 0.457 e. The maximum Gasteiger partial charge on any atom is 0.142 e. The van der Waals surface area contributed by atoms with Crippen LogP contribution >= 0.6 is 0 Å². The second-order valence-electron chi connectivity index (χ2n) is 7.90. The average Bonchev–Trinajstić information content (AvgIpc) is 2.81. The van der Waals surface area contributed by atoms with Crippen molar-refractivity contribution in [1.29, 1.82) is 0 Å². The van der Waals surface area contributed by atoms with Gasteiger partial charge in [0.05, 0.1) is 6.20 Å². The number of hydrogen-bond donors (Lipinski definition) is 1. The first-order valence-electron chi connectivity index (χ1n) is 10.8. The Morgan fingerprint density at radius 3 is 2.48 bits per heavy atom. The lowest BCUT2D eigenvalue weighted by Crippen LogP contribution is -2.35. The van der Waals surface area contributed by atoms with Crippen molar-refractivity contribution in [2.24, 2.45) is 5.92 Å². The van der Waals surface area contributed by atoms with Gasteiger partial charge in [-0.15, -0.1) is 6.58 Å². The Morgan fingerprint density at radius 2 is 1.77 bits per heavy atom. The third kappa shape index (κ3) is 5.70. The van der Waals surface area contributed by atoms with Crippen molar-refractivity contribution in [2.75, 3.05) is 31.5 Å². The summed E-state index contributed by atoms with van der Waals surface area (Å²) in [5.41, 5.74) is 1.66. The van der Waals surface area contributed by atoms with E-state index in [9.17, 15) is 4.39 Å². The van der Waals surface area contributed by atoms with Crippen molar-refractivity contribution >= 4 is 5.82 Å². The van der Waals surface area contributed by atoms with Gasteiger partial charge in [0.25, 0.3) is 0 Å². The summed E-state index contributed by atoms with van der Waals surface area (Å²) in [4.78, 5) is 6.75. The molecule has 0 bridgehead atoms. The fourth-order valence-corrected chi connectivity index (χ4v) is 3.92. The van der Waals surface area contributed by atoms with E-state index in [0.717, 1.165) is 61.6 Å². The molecule has 0 saturated carbocycles. The number of benzene rings is 2. The standard InChI is InChI=1S/C26H28FN3O/c1-2-14-30-15-12-20(13-16-30)18-28-26-25(17-22(27)19-29-26)21-8-10-24(11-9-21)31-23-6-4-3-5-7-23/h2-11,17,19-20H,1,12-16,18H2,(H,28,29). The highest BCUT2D eigenvalue weighted by Gasteiger charge is 2.19. The Hall–Kier alpha value is -3.18. The van der Waals surface area contributed by atoms with Crippen LogP contribution in [0.1, 0.15) is 12.8 Å².